The predicted molar refractivity (Wildman–Crippen MR) is 151 cm³/mol. The molecule has 5 aliphatic rings. The molecule has 1 aromatic rings. The lowest BCUT2D eigenvalue weighted by Crippen LogP contribution is -2.66. The molecule has 214 valence electrons. The molecule has 1 N–H and O–H groups in total. The van der Waals surface area contributed by atoms with Crippen LogP contribution in [0.1, 0.15) is 99.1 Å². The molecule has 0 radical (unpaired) electrons. The maximum Gasteiger partial charge on any atom is 0.226 e. The van der Waals surface area contributed by atoms with Crippen molar-refractivity contribution in [1.29, 1.82) is 0 Å². The van der Waals surface area contributed by atoms with E-state index in [0.717, 1.165) is 50.5 Å². The number of carbonyl (C=O) groups is 2. The van der Waals surface area contributed by atoms with Gasteiger partial charge in [0.2, 0.25) is 5.70 Å². The molecule has 40 heavy (non-hydrogen) atoms. The molecule has 0 spiro atoms. The Morgan fingerprint density at radius 3 is 2.40 bits per heavy atom. The zero-order valence-corrected chi connectivity index (χ0v) is 25.2. The number of aliphatic hydroxyl groups is 1. The number of hydrogen-bond donors (Lipinski definition) is 1. The Hall–Kier alpha value is -2.59. The van der Waals surface area contributed by atoms with Crippen LogP contribution in [-0.2, 0) is 21.7 Å². The number of fused-ring (bicyclic) bond motifs is 7. The van der Waals surface area contributed by atoms with Gasteiger partial charge in [-0.15, -0.1) is 5.10 Å². The largest absolute Gasteiger partial charge is 0.390 e. The highest BCUT2D eigenvalue weighted by Gasteiger charge is 2.70. The van der Waals surface area contributed by atoms with Gasteiger partial charge in [-0.2, -0.15) is 0 Å². The molecule has 7 atom stereocenters. The summed E-state index contributed by atoms with van der Waals surface area (Å²) in [4.78, 5) is 31.6. The summed E-state index contributed by atoms with van der Waals surface area (Å²) < 4.78 is 2.01. The van der Waals surface area contributed by atoms with Gasteiger partial charge in [0.05, 0.1) is 24.9 Å². The predicted octanol–water partition coefficient (Wildman–Crippen LogP) is 6.05. The Morgan fingerprint density at radius 1 is 1.05 bits per heavy atom. The van der Waals surface area contributed by atoms with E-state index in [1.54, 1.807) is 0 Å². The van der Waals surface area contributed by atoms with Crippen LogP contribution in [0.4, 0.5) is 0 Å². The minimum absolute atomic E-state index is 0.0496. The van der Waals surface area contributed by atoms with E-state index in [0.29, 0.717) is 5.69 Å². The summed E-state index contributed by atoms with van der Waals surface area (Å²) >= 11 is 0. The third-order valence-electron chi connectivity index (χ3n) is 13.0. The summed E-state index contributed by atoms with van der Waals surface area (Å²) in [5, 5.41) is 18.5. The van der Waals surface area contributed by atoms with Crippen LogP contribution in [0.15, 0.2) is 29.6 Å². The highest BCUT2D eigenvalue weighted by Crippen LogP contribution is 2.74. The summed E-state index contributed by atoms with van der Waals surface area (Å²) in [7, 11) is 0. The van der Waals surface area contributed by atoms with E-state index in [9.17, 15) is 14.7 Å². The van der Waals surface area contributed by atoms with Crippen LogP contribution in [0.2, 0.25) is 0 Å². The molecule has 6 rings (SSSR count). The normalized spacial score (nSPS) is 43.3. The van der Waals surface area contributed by atoms with Gasteiger partial charge in [-0.1, -0.05) is 65.3 Å². The summed E-state index contributed by atoms with van der Waals surface area (Å²) in [6, 6.07) is 0. The number of allylic oxidation sites excluding steroid dienone is 4. The van der Waals surface area contributed by atoms with E-state index in [-0.39, 0.29) is 63.4 Å². The lowest BCUT2D eigenvalue weighted by atomic mass is 9.35. The number of hydrogen-bond acceptors (Lipinski definition) is 5. The molecule has 0 aliphatic heterocycles. The zero-order valence-electron chi connectivity index (χ0n) is 25.2. The Balaban J connectivity index is 1.53. The monoisotopic (exact) mass is 544 g/mol. The third-order valence-corrected chi connectivity index (χ3v) is 13.0. The first-order valence-corrected chi connectivity index (χ1v) is 15.0. The highest BCUT2D eigenvalue weighted by atomic mass is 16.3. The quantitative estimate of drug-likeness (QED) is 0.458. The smallest absolute Gasteiger partial charge is 0.226 e. The average Bonchev–Trinajstić information content (AvgIpc) is 3.37. The van der Waals surface area contributed by atoms with Crippen LogP contribution in [0.3, 0.4) is 0 Å². The molecule has 3 fully saturated rings. The molecule has 7 nitrogen and oxygen atoms in total. The summed E-state index contributed by atoms with van der Waals surface area (Å²) in [6.07, 6.45) is 12.3. The van der Waals surface area contributed by atoms with Gasteiger partial charge in [0.15, 0.2) is 11.6 Å². The minimum Gasteiger partial charge on any atom is -0.390 e. The fraction of sp³-hybridized carbons (Fsp3) is 0.727. The first kappa shape index (κ1) is 27.6. The number of carbonyl (C=O) groups excluding carboxylic acids is 2. The van der Waals surface area contributed by atoms with Crippen LogP contribution >= 0.6 is 0 Å². The second-order valence-corrected chi connectivity index (χ2v) is 15.6. The van der Waals surface area contributed by atoms with Crippen LogP contribution in [0.5, 0.6) is 0 Å². The van der Waals surface area contributed by atoms with Crippen molar-refractivity contribution >= 4 is 11.6 Å². The Morgan fingerprint density at radius 2 is 1.75 bits per heavy atom. The van der Waals surface area contributed by atoms with E-state index in [1.807, 2.05) is 36.9 Å². The SMILES string of the molecule is [C-]#[N+]C1=C[C@]2(C)C3=CC(=O)[C@@H]4[C@@H]5CC(C)(C)CC[C@]5(n5cc(CO)nn5)CC[C@@]4(C)[C@]3(C)CC[C@H]2C(C)(C)C1=O. The topological polar surface area (TPSA) is 89.4 Å². The number of aromatic nitrogens is 3. The Labute approximate surface area is 238 Å². The Kier molecular flexibility index (Phi) is 5.68. The van der Waals surface area contributed by atoms with Gasteiger partial charge in [0.25, 0.3) is 0 Å². The van der Waals surface area contributed by atoms with Crippen molar-refractivity contribution in [3.05, 3.63) is 46.7 Å². The zero-order chi connectivity index (χ0) is 29.1. The molecule has 1 aromatic heterocycles. The molecule has 0 saturated heterocycles. The van der Waals surface area contributed by atoms with Gasteiger partial charge < -0.3 is 9.90 Å². The number of nitrogens with zero attached hydrogens (tertiary/aromatic N) is 4. The van der Waals surface area contributed by atoms with Crippen molar-refractivity contribution in [3.63, 3.8) is 0 Å². The molecular formula is C33H44N4O3. The second-order valence-electron chi connectivity index (χ2n) is 15.6. The van der Waals surface area contributed by atoms with E-state index in [1.165, 1.54) is 0 Å². The van der Waals surface area contributed by atoms with E-state index in [4.69, 9.17) is 6.57 Å². The fourth-order valence-corrected chi connectivity index (χ4v) is 10.6. The van der Waals surface area contributed by atoms with E-state index >= 15 is 0 Å². The molecule has 0 bridgehead atoms. The molecule has 0 aromatic carbocycles. The van der Waals surface area contributed by atoms with Crippen molar-refractivity contribution in [1.82, 2.24) is 15.0 Å². The van der Waals surface area contributed by atoms with Crippen LogP contribution in [0, 0.1) is 51.4 Å². The van der Waals surface area contributed by atoms with E-state index < -0.39 is 10.8 Å². The molecule has 0 unspecified atom stereocenters. The fourth-order valence-electron chi connectivity index (χ4n) is 10.6. The van der Waals surface area contributed by atoms with Crippen LogP contribution < -0.4 is 0 Å². The van der Waals surface area contributed by atoms with Gasteiger partial charge in [-0.05, 0) is 79.1 Å². The molecule has 7 heteroatoms. The number of ketones is 2. The lowest BCUT2D eigenvalue weighted by molar-refractivity contribution is -0.169. The summed E-state index contributed by atoms with van der Waals surface area (Å²) in [5.41, 5.74) is 0.0696. The summed E-state index contributed by atoms with van der Waals surface area (Å²) in [6.45, 7) is 23.2. The standard InChI is InChI=1S/C33H44N4O3/c1-28(2)11-13-33(37-18-20(19-38)35-36-37)14-12-32(7)26(21(33)16-28)23(39)15-25-30(5)17-22(34-8)27(40)29(3,4)24(30)9-10-31(25,32)6/h15,17-18,21,24,26,38H,9-14,16,19H2,1-7H3/t21-,24-,26-,30-,31+,32+,33-/m0/s1. The van der Waals surface area contributed by atoms with Crippen molar-refractivity contribution in [2.75, 3.05) is 0 Å². The first-order valence-electron chi connectivity index (χ1n) is 15.0. The highest BCUT2D eigenvalue weighted by molar-refractivity contribution is 6.03. The first-order chi connectivity index (χ1) is 18.6. The van der Waals surface area contributed by atoms with Crippen molar-refractivity contribution in [2.45, 2.75) is 106 Å². The Bertz CT molecular complexity index is 1410. The third kappa shape index (κ3) is 3.26. The van der Waals surface area contributed by atoms with Crippen molar-refractivity contribution in [2.24, 2.45) is 44.8 Å². The van der Waals surface area contributed by atoms with Gasteiger partial charge in [0, 0.05) is 16.7 Å². The van der Waals surface area contributed by atoms with Crippen LogP contribution in [-0.4, -0.2) is 31.7 Å². The van der Waals surface area contributed by atoms with E-state index in [2.05, 4.69) is 49.8 Å². The van der Waals surface area contributed by atoms with Crippen molar-refractivity contribution in [3.8, 4) is 0 Å². The molecule has 0 amide bonds. The second kappa shape index (κ2) is 8.25. The van der Waals surface area contributed by atoms with Crippen molar-refractivity contribution < 1.29 is 14.7 Å². The van der Waals surface area contributed by atoms with Gasteiger partial charge in [-0.25, -0.2) is 9.53 Å². The van der Waals surface area contributed by atoms with Gasteiger partial charge >= 0.3 is 0 Å². The maximum absolute atomic E-state index is 14.6. The van der Waals surface area contributed by atoms with Gasteiger partial charge in [-0.3, -0.25) is 4.79 Å². The summed E-state index contributed by atoms with van der Waals surface area (Å²) in [5.74, 6) is 0.128. The van der Waals surface area contributed by atoms with Crippen LogP contribution in [0.25, 0.3) is 4.85 Å². The number of aliphatic hydroxyl groups excluding tert-OH is 1. The number of rotatable bonds is 2. The molecule has 5 aliphatic carbocycles. The van der Waals surface area contributed by atoms with Gasteiger partial charge in [0.1, 0.15) is 5.69 Å². The molecular weight excluding hydrogens is 500 g/mol. The molecule has 3 saturated carbocycles. The minimum atomic E-state index is -0.654. The number of Topliss-reactive ketones (excluding diaryl/α,β-unsaturated/α-hetero) is 1. The average molecular weight is 545 g/mol. The maximum atomic E-state index is 14.6. The molecule has 1 heterocycles. The lowest BCUT2D eigenvalue weighted by Gasteiger charge is -2.69.